The third kappa shape index (κ3) is 5.34. The summed E-state index contributed by atoms with van der Waals surface area (Å²) in [5.41, 5.74) is 2.33. The van der Waals surface area contributed by atoms with E-state index < -0.39 is 16.1 Å². The second kappa shape index (κ2) is 9.77. The number of aromatic nitrogens is 1. The molecule has 1 saturated heterocycles. The molecule has 4 rings (SSSR count). The van der Waals surface area contributed by atoms with Crippen molar-refractivity contribution in [2.75, 3.05) is 24.2 Å². The molecule has 0 aliphatic carbocycles. The van der Waals surface area contributed by atoms with Gasteiger partial charge in [-0.2, -0.15) is 4.31 Å². The lowest BCUT2D eigenvalue weighted by molar-refractivity contribution is -0.119. The van der Waals surface area contributed by atoms with Crippen molar-refractivity contribution < 1.29 is 13.2 Å². The number of amides is 1. The maximum Gasteiger partial charge on any atom is 0.244 e. The van der Waals surface area contributed by atoms with Gasteiger partial charge in [0.05, 0.1) is 11.4 Å². The highest BCUT2D eigenvalue weighted by Crippen LogP contribution is 2.30. The maximum absolute atomic E-state index is 12.9. The molecule has 7 nitrogen and oxygen atoms in total. The third-order valence-corrected chi connectivity index (χ3v) is 8.86. The number of sulfonamides is 1. The molecule has 31 heavy (non-hydrogen) atoms. The standard InChI is InChI=1S/C22H30N4O3S2/c1-2-3-14-31(28,29)26-12-7-10-19(26)21(27)24-22-23-18-11-13-25(16-20(18)30-22)15-17-8-5-4-6-9-17/h4-6,8-9,19H,2-3,7,10-16H2,1H3,(H,23,24,27). The normalized spacial score (nSPS) is 20.0. The summed E-state index contributed by atoms with van der Waals surface area (Å²) >= 11 is 1.51. The monoisotopic (exact) mass is 462 g/mol. The van der Waals surface area contributed by atoms with Crippen molar-refractivity contribution in [3.05, 3.63) is 46.5 Å². The van der Waals surface area contributed by atoms with E-state index in [0.717, 1.165) is 38.2 Å². The second-order valence-electron chi connectivity index (χ2n) is 8.26. The Morgan fingerprint density at radius 3 is 2.84 bits per heavy atom. The lowest BCUT2D eigenvalue weighted by Crippen LogP contribution is -2.44. The van der Waals surface area contributed by atoms with Crippen LogP contribution in [-0.4, -0.2) is 53.4 Å². The first kappa shape index (κ1) is 22.4. The van der Waals surface area contributed by atoms with Crippen molar-refractivity contribution in [2.45, 2.75) is 58.2 Å². The third-order valence-electron chi connectivity index (χ3n) is 5.91. The Hall–Kier alpha value is -1.81. The van der Waals surface area contributed by atoms with E-state index in [9.17, 15) is 13.2 Å². The van der Waals surface area contributed by atoms with E-state index in [2.05, 4.69) is 39.5 Å². The van der Waals surface area contributed by atoms with Crippen LogP contribution < -0.4 is 5.32 Å². The molecular formula is C22H30N4O3S2. The fourth-order valence-corrected chi connectivity index (χ4v) is 7.18. The molecule has 1 fully saturated rings. The van der Waals surface area contributed by atoms with E-state index in [1.54, 1.807) is 0 Å². The largest absolute Gasteiger partial charge is 0.301 e. The summed E-state index contributed by atoms with van der Waals surface area (Å²) < 4.78 is 26.7. The van der Waals surface area contributed by atoms with Gasteiger partial charge in [0.2, 0.25) is 15.9 Å². The van der Waals surface area contributed by atoms with Gasteiger partial charge in [0.1, 0.15) is 6.04 Å². The molecule has 1 aromatic heterocycles. The molecular weight excluding hydrogens is 432 g/mol. The van der Waals surface area contributed by atoms with E-state index in [1.807, 2.05) is 13.0 Å². The number of carbonyl (C=O) groups excluding carboxylic acids is 1. The summed E-state index contributed by atoms with van der Waals surface area (Å²) in [7, 11) is -3.40. The Labute approximate surface area is 188 Å². The molecule has 1 amide bonds. The number of benzene rings is 1. The highest BCUT2D eigenvalue weighted by atomic mass is 32.2. The fraction of sp³-hybridized carbons (Fsp3) is 0.545. The number of nitrogens with one attached hydrogen (secondary N) is 1. The van der Waals surface area contributed by atoms with Crippen LogP contribution >= 0.6 is 11.3 Å². The quantitative estimate of drug-likeness (QED) is 0.651. The van der Waals surface area contributed by atoms with Gasteiger partial charge >= 0.3 is 0 Å². The number of thiazole rings is 1. The van der Waals surface area contributed by atoms with E-state index >= 15 is 0 Å². The van der Waals surface area contributed by atoms with Crippen LogP contribution in [0.2, 0.25) is 0 Å². The molecule has 0 saturated carbocycles. The van der Waals surface area contributed by atoms with Crippen LogP contribution in [0.25, 0.3) is 0 Å². The van der Waals surface area contributed by atoms with Gasteiger partial charge in [0.15, 0.2) is 5.13 Å². The van der Waals surface area contributed by atoms with Crippen LogP contribution in [0.4, 0.5) is 5.13 Å². The van der Waals surface area contributed by atoms with Crippen LogP contribution in [0, 0.1) is 0 Å². The number of unbranched alkanes of at least 4 members (excludes halogenated alkanes) is 1. The molecule has 1 atom stereocenters. The first-order valence-electron chi connectivity index (χ1n) is 11.0. The predicted octanol–water partition coefficient (Wildman–Crippen LogP) is 3.23. The number of carbonyl (C=O) groups is 1. The van der Waals surface area contributed by atoms with Gasteiger partial charge in [0.25, 0.3) is 0 Å². The van der Waals surface area contributed by atoms with E-state index in [1.165, 1.54) is 26.1 Å². The highest BCUT2D eigenvalue weighted by Gasteiger charge is 2.38. The molecule has 0 bridgehead atoms. The zero-order chi connectivity index (χ0) is 21.8. The average Bonchev–Trinajstić information content (AvgIpc) is 3.40. The molecule has 0 spiro atoms. The molecule has 3 heterocycles. The number of hydrogen-bond acceptors (Lipinski definition) is 6. The van der Waals surface area contributed by atoms with Gasteiger partial charge in [-0.15, -0.1) is 11.3 Å². The van der Waals surface area contributed by atoms with Gasteiger partial charge in [-0.25, -0.2) is 13.4 Å². The van der Waals surface area contributed by atoms with Crippen LogP contribution in [0.15, 0.2) is 30.3 Å². The van der Waals surface area contributed by atoms with Crippen molar-refractivity contribution in [1.29, 1.82) is 0 Å². The number of fused-ring (bicyclic) bond motifs is 1. The Morgan fingerprint density at radius 2 is 2.06 bits per heavy atom. The van der Waals surface area contributed by atoms with Gasteiger partial charge in [-0.1, -0.05) is 43.7 Å². The molecule has 0 radical (unpaired) electrons. The number of nitrogens with zero attached hydrogens (tertiary/aromatic N) is 3. The minimum Gasteiger partial charge on any atom is -0.301 e. The summed E-state index contributed by atoms with van der Waals surface area (Å²) in [6.45, 7) is 5.04. The van der Waals surface area contributed by atoms with Crippen LogP contribution in [0.5, 0.6) is 0 Å². The van der Waals surface area contributed by atoms with Gasteiger partial charge in [-0.3, -0.25) is 9.69 Å². The Morgan fingerprint density at radius 1 is 1.26 bits per heavy atom. The SMILES string of the molecule is CCCCS(=O)(=O)N1CCCC1C(=O)Nc1nc2c(s1)CN(Cc1ccccc1)CC2. The topological polar surface area (TPSA) is 82.6 Å². The second-order valence-corrected chi connectivity index (χ2v) is 11.4. The van der Waals surface area contributed by atoms with E-state index in [4.69, 9.17) is 0 Å². The minimum absolute atomic E-state index is 0.107. The van der Waals surface area contributed by atoms with Crippen LogP contribution in [0.3, 0.4) is 0 Å². The molecule has 1 unspecified atom stereocenters. The predicted molar refractivity (Wildman–Crippen MR) is 123 cm³/mol. The van der Waals surface area contributed by atoms with E-state index in [-0.39, 0.29) is 11.7 Å². The Bertz CT molecular complexity index is 1010. The first-order valence-corrected chi connectivity index (χ1v) is 13.4. The molecule has 1 aromatic carbocycles. The van der Waals surface area contributed by atoms with Gasteiger partial charge in [0, 0.05) is 37.5 Å². The minimum atomic E-state index is -3.40. The number of hydrogen-bond donors (Lipinski definition) is 1. The van der Waals surface area contributed by atoms with Crippen LogP contribution in [0.1, 0.15) is 48.7 Å². The number of rotatable bonds is 8. The maximum atomic E-state index is 12.9. The fourth-order valence-electron chi connectivity index (χ4n) is 4.25. The summed E-state index contributed by atoms with van der Waals surface area (Å²) in [6, 6.07) is 9.78. The smallest absolute Gasteiger partial charge is 0.244 e. The van der Waals surface area contributed by atoms with Crippen molar-refractivity contribution in [3.8, 4) is 0 Å². The van der Waals surface area contributed by atoms with Crippen LogP contribution in [-0.2, 0) is 34.3 Å². The lowest BCUT2D eigenvalue weighted by atomic mass is 10.1. The summed E-state index contributed by atoms with van der Waals surface area (Å²) in [4.78, 5) is 21.1. The molecule has 168 valence electrons. The van der Waals surface area contributed by atoms with Crippen molar-refractivity contribution >= 4 is 32.4 Å². The van der Waals surface area contributed by atoms with Crippen molar-refractivity contribution in [2.24, 2.45) is 0 Å². The van der Waals surface area contributed by atoms with E-state index in [0.29, 0.717) is 30.9 Å². The lowest BCUT2D eigenvalue weighted by Gasteiger charge is -2.25. The molecule has 2 aliphatic heterocycles. The molecule has 2 aromatic rings. The zero-order valence-corrected chi connectivity index (χ0v) is 19.6. The average molecular weight is 463 g/mol. The van der Waals surface area contributed by atoms with Crippen molar-refractivity contribution in [3.63, 3.8) is 0 Å². The van der Waals surface area contributed by atoms with Gasteiger partial charge < -0.3 is 5.32 Å². The first-order chi connectivity index (χ1) is 15.0. The molecule has 2 aliphatic rings. The Balaban J connectivity index is 1.39. The number of anilines is 1. The molecule has 9 heteroatoms. The summed E-state index contributed by atoms with van der Waals surface area (Å²) in [6.07, 6.45) is 3.57. The zero-order valence-electron chi connectivity index (χ0n) is 17.9. The van der Waals surface area contributed by atoms with Gasteiger partial charge in [-0.05, 0) is 24.8 Å². The Kier molecular flexibility index (Phi) is 7.05. The molecule has 1 N–H and O–H groups in total. The highest BCUT2D eigenvalue weighted by molar-refractivity contribution is 7.89. The summed E-state index contributed by atoms with van der Waals surface area (Å²) in [5.74, 6) is -0.152. The summed E-state index contributed by atoms with van der Waals surface area (Å²) in [5, 5.41) is 3.49. The van der Waals surface area contributed by atoms with Crippen molar-refractivity contribution in [1.82, 2.24) is 14.2 Å².